The first-order chi connectivity index (χ1) is 14.4. The summed E-state index contributed by atoms with van der Waals surface area (Å²) in [5, 5.41) is 9.53. The number of hydrogen-bond donors (Lipinski definition) is 1. The quantitative estimate of drug-likeness (QED) is 0.553. The molecule has 0 amide bonds. The van der Waals surface area contributed by atoms with Crippen molar-refractivity contribution < 1.29 is 28.2 Å². The summed E-state index contributed by atoms with van der Waals surface area (Å²) in [6.07, 6.45) is 0.843. The first-order valence-corrected chi connectivity index (χ1v) is 9.79. The van der Waals surface area contributed by atoms with Crippen LogP contribution in [0.1, 0.15) is 12.8 Å². The van der Waals surface area contributed by atoms with Crippen molar-refractivity contribution in [1.29, 1.82) is 0 Å². The lowest BCUT2D eigenvalue weighted by atomic mass is 9.82. The van der Waals surface area contributed by atoms with E-state index in [9.17, 15) is 14.0 Å². The van der Waals surface area contributed by atoms with Gasteiger partial charge in [0.15, 0.2) is 11.0 Å². The Labute approximate surface area is 175 Å². The molecule has 0 bridgehead atoms. The van der Waals surface area contributed by atoms with E-state index in [0.717, 1.165) is 0 Å². The molecule has 1 heterocycles. The summed E-state index contributed by atoms with van der Waals surface area (Å²) >= 11 is 6.16. The smallest absolute Gasteiger partial charge is 0.306 e. The third kappa shape index (κ3) is 4.17. The van der Waals surface area contributed by atoms with Gasteiger partial charge < -0.3 is 19.0 Å². The largest absolute Gasteiger partial charge is 0.490 e. The van der Waals surface area contributed by atoms with Crippen LogP contribution in [0.15, 0.2) is 51.7 Å². The van der Waals surface area contributed by atoms with E-state index in [0.29, 0.717) is 28.8 Å². The van der Waals surface area contributed by atoms with Crippen LogP contribution in [-0.2, 0) is 9.53 Å². The van der Waals surface area contributed by atoms with E-state index in [4.69, 9.17) is 30.6 Å². The van der Waals surface area contributed by atoms with Crippen LogP contribution in [0.4, 0.5) is 4.39 Å². The zero-order chi connectivity index (χ0) is 21.3. The number of benzene rings is 2. The van der Waals surface area contributed by atoms with Crippen molar-refractivity contribution in [2.75, 3.05) is 13.2 Å². The normalized spacial score (nSPS) is 18.2. The van der Waals surface area contributed by atoms with Gasteiger partial charge in [-0.15, -0.1) is 0 Å². The highest BCUT2D eigenvalue weighted by Crippen LogP contribution is 2.34. The lowest BCUT2D eigenvalue weighted by molar-refractivity contribution is -0.151. The van der Waals surface area contributed by atoms with Crippen LogP contribution in [0.3, 0.4) is 0 Å². The second kappa shape index (κ2) is 8.45. The van der Waals surface area contributed by atoms with Gasteiger partial charge in [0.1, 0.15) is 23.9 Å². The second-order valence-electron chi connectivity index (χ2n) is 7.08. The van der Waals surface area contributed by atoms with Crippen LogP contribution in [0.5, 0.6) is 5.75 Å². The molecule has 6 nitrogen and oxygen atoms in total. The molecule has 0 saturated heterocycles. The Balaban J connectivity index is 1.50. The summed E-state index contributed by atoms with van der Waals surface area (Å²) in [6, 6.07) is 10.1. The maximum Gasteiger partial charge on any atom is 0.306 e. The van der Waals surface area contributed by atoms with E-state index >= 15 is 0 Å². The van der Waals surface area contributed by atoms with Crippen molar-refractivity contribution in [2.24, 2.45) is 5.92 Å². The van der Waals surface area contributed by atoms with Crippen molar-refractivity contribution in [3.63, 3.8) is 0 Å². The number of carbonyl (C=O) groups is 1. The number of aliphatic carboxylic acids is 1. The Morgan fingerprint density at radius 3 is 2.77 bits per heavy atom. The molecule has 1 aromatic heterocycles. The SMILES string of the molecule is O=c1cc(-c2ccc(F)cc2OCCO[C@H]2C[C@H](C(=O)O)C2)oc2c(Cl)cccc12. The molecule has 2 aromatic carbocycles. The topological polar surface area (TPSA) is 86.0 Å². The van der Waals surface area contributed by atoms with Gasteiger partial charge in [-0.3, -0.25) is 9.59 Å². The molecule has 8 heteroatoms. The lowest BCUT2D eigenvalue weighted by Crippen LogP contribution is -2.37. The van der Waals surface area contributed by atoms with Crippen molar-refractivity contribution in [3.05, 3.63) is 63.5 Å². The fourth-order valence-corrected chi connectivity index (χ4v) is 3.58. The van der Waals surface area contributed by atoms with Crippen LogP contribution in [-0.4, -0.2) is 30.4 Å². The molecular formula is C22H18ClFO6. The van der Waals surface area contributed by atoms with E-state index in [2.05, 4.69) is 0 Å². The first kappa shape index (κ1) is 20.4. The Bertz CT molecular complexity index is 1150. The average Bonchev–Trinajstić information content (AvgIpc) is 2.67. The summed E-state index contributed by atoms with van der Waals surface area (Å²) in [7, 11) is 0. The monoisotopic (exact) mass is 432 g/mol. The fourth-order valence-electron chi connectivity index (χ4n) is 3.36. The maximum atomic E-state index is 13.8. The molecule has 1 saturated carbocycles. The molecule has 0 unspecified atom stereocenters. The molecule has 1 aliphatic rings. The second-order valence-corrected chi connectivity index (χ2v) is 7.49. The molecule has 1 aliphatic carbocycles. The number of hydrogen-bond acceptors (Lipinski definition) is 5. The summed E-state index contributed by atoms with van der Waals surface area (Å²) < 4.78 is 30.9. The Morgan fingerprint density at radius 2 is 2.00 bits per heavy atom. The third-order valence-corrected chi connectivity index (χ3v) is 5.35. The van der Waals surface area contributed by atoms with Gasteiger partial charge in [-0.2, -0.15) is 0 Å². The minimum atomic E-state index is -0.813. The summed E-state index contributed by atoms with van der Waals surface area (Å²) in [5.41, 5.74) is 0.383. The molecule has 0 aliphatic heterocycles. The minimum absolute atomic E-state index is 0.109. The molecule has 30 heavy (non-hydrogen) atoms. The van der Waals surface area contributed by atoms with Crippen molar-refractivity contribution in [2.45, 2.75) is 18.9 Å². The lowest BCUT2D eigenvalue weighted by Gasteiger charge is -2.32. The number of rotatable bonds is 7. The Kier molecular flexibility index (Phi) is 5.74. The molecule has 1 N–H and O–H groups in total. The molecule has 1 fully saturated rings. The minimum Gasteiger partial charge on any atom is -0.490 e. The predicted octanol–water partition coefficient (Wildman–Crippen LogP) is 4.51. The standard InChI is InChI=1S/C22H18ClFO6/c23-17-3-1-2-15-18(25)11-20(30-21(15)17)16-5-4-13(24)10-19(16)29-7-6-28-14-8-12(9-14)22(26)27/h1-5,10-12,14H,6-9H2,(H,26,27)/t12-,14-. The first-order valence-electron chi connectivity index (χ1n) is 9.42. The van der Waals surface area contributed by atoms with Gasteiger partial charge in [-0.25, -0.2) is 4.39 Å². The van der Waals surface area contributed by atoms with E-state index < -0.39 is 11.8 Å². The third-order valence-electron chi connectivity index (χ3n) is 5.05. The Hall–Kier alpha value is -2.90. The highest BCUT2D eigenvalue weighted by atomic mass is 35.5. The number of carboxylic acids is 1. The molecule has 0 atom stereocenters. The summed E-state index contributed by atoms with van der Waals surface area (Å²) in [5.74, 6) is -1.26. The van der Waals surface area contributed by atoms with Crippen molar-refractivity contribution >= 4 is 28.5 Å². The molecular weight excluding hydrogens is 415 g/mol. The molecule has 0 spiro atoms. The number of fused-ring (bicyclic) bond motifs is 1. The van der Waals surface area contributed by atoms with Gasteiger partial charge in [0, 0.05) is 12.1 Å². The molecule has 3 aromatic rings. The highest BCUT2D eigenvalue weighted by molar-refractivity contribution is 6.34. The average molecular weight is 433 g/mol. The van der Waals surface area contributed by atoms with Gasteiger partial charge in [0.25, 0.3) is 0 Å². The Morgan fingerprint density at radius 1 is 1.20 bits per heavy atom. The van der Waals surface area contributed by atoms with Gasteiger partial charge >= 0.3 is 5.97 Å². The predicted molar refractivity (Wildman–Crippen MR) is 108 cm³/mol. The number of para-hydroxylation sites is 1. The molecule has 4 rings (SSSR count). The van der Waals surface area contributed by atoms with Crippen LogP contribution < -0.4 is 10.2 Å². The van der Waals surface area contributed by atoms with E-state index in [1.807, 2.05) is 0 Å². The van der Waals surface area contributed by atoms with Crippen molar-refractivity contribution in [1.82, 2.24) is 0 Å². The van der Waals surface area contributed by atoms with Gasteiger partial charge in [0.2, 0.25) is 0 Å². The molecule has 156 valence electrons. The van der Waals surface area contributed by atoms with E-state index in [1.165, 1.54) is 24.3 Å². The highest BCUT2D eigenvalue weighted by Gasteiger charge is 2.35. The van der Waals surface area contributed by atoms with Crippen LogP contribution in [0.25, 0.3) is 22.3 Å². The van der Waals surface area contributed by atoms with Crippen LogP contribution in [0, 0.1) is 11.7 Å². The zero-order valence-electron chi connectivity index (χ0n) is 15.8. The fraction of sp³-hybridized carbons (Fsp3) is 0.273. The van der Waals surface area contributed by atoms with Crippen LogP contribution >= 0.6 is 11.6 Å². The summed E-state index contributed by atoms with van der Waals surface area (Å²) in [4.78, 5) is 23.3. The van der Waals surface area contributed by atoms with Gasteiger partial charge in [0.05, 0.1) is 34.6 Å². The zero-order valence-corrected chi connectivity index (χ0v) is 16.5. The summed E-state index contributed by atoms with van der Waals surface area (Å²) in [6.45, 7) is 0.351. The number of halogens is 2. The van der Waals surface area contributed by atoms with Crippen LogP contribution in [0.2, 0.25) is 5.02 Å². The number of carboxylic acid groups (broad SMARTS) is 1. The van der Waals surface area contributed by atoms with Gasteiger partial charge in [-0.1, -0.05) is 17.7 Å². The van der Waals surface area contributed by atoms with Crippen molar-refractivity contribution in [3.8, 4) is 17.1 Å². The van der Waals surface area contributed by atoms with E-state index in [1.54, 1.807) is 18.2 Å². The van der Waals surface area contributed by atoms with E-state index in [-0.39, 0.29) is 47.8 Å². The maximum absolute atomic E-state index is 13.8. The number of ether oxygens (including phenoxy) is 2. The van der Waals surface area contributed by atoms with Gasteiger partial charge in [-0.05, 0) is 37.1 Å². The molecule has 0 radical (unpaired) electrons.